The summed E-state index contributed by atoms with van der Waals surface area (Å²) in [5, 5.41) is 5.72. The Morgan fingerprint density at radius 2 is 2.33 bits per heavy atom. The van der Waals surface area contributed by atoms with Gasteiger partial charge in [-0.2, -0.15) is 0 Å². The summed E-state index contributed by atoms with van der Waals surface area (Å²) in [6.07, 6.45) is 0. The Bertz CT molecular complexity index is 335. The number of hydrogen-bond acceptors (Lipinski definition) is 4. The molecule has 1 aromatic heterocycles. The van der Waals surface area contributed by atoms with E-state index in [1.807, 2.05) is 26.2 Å². The van der Waals surface area contributed by atoms with Crippen LogP contribution in [-0.4, -0.2) is 16.9 Å². The highest BCUT2D eigenvalue weighted by molar-refractivity contribution is 7.09. The third-order valence-electron chi connectivity index (χ3n) is 2.28. The van der Waals surface area contributed by atoms with E-state index in [4.69, 9.17) is 5.73 Å². The Balaban J connectivity index is 2.40. The average Bonchev–Trinajstić information content (AvgIpc) is 2.59. The first-order chi connectivity index (χ1) is 7.00. The molecule has 0 aliphatic heterocycles. The molecule has 15 heavy (non-hydrogen) atoms. The van der Waals surface area contributed by atoms with Crippen LogP contribution < -0.4 is 11.1 Å². The summed E-state index contributed by atoms with van der Waals surface area (Å²) in [6.45, 7) is 6.09. The molecular weight excluding hydrogens is 210 g/mol. The van der Waals surface area contributed by atoms with Gasteiger partial charge < -0.3 is 11.1 Å². The lowest BCUT2D eigenvalue weighted by molar-refractivity contribution is -0.125. The first-order valence-electron chi connectivity index (χ1n) is 4.95. The zero-order valence-corrected chi connectivity index (χ0v) is 10.1. The van der Waals surface area contributed by atoms with Crippen molar-refractivity contribution in [2.24, 2.45) is 11.7 Å². The van der Waals surface area contributed by atoms with Crippen LogP contribution in [0, 0.1) is 12.8 Å². The molecule has 3 N–H and O–H groups in total. The van der Waals surface area contributed by atoms with Crippen LogP contribution in [0.3, 0.4) is 0 Å². The van der Waals surface area contributed by atoms with Gasteiger partial charge in [0, 0.05) is 23.0 Å². The summed E-state index contributed by atoms with van der Waals surface area (Å²) in [5.74, 6) is -0.177. The van der Waals surface area contributed by atoms with Crippen molar-refractivity contribution in [2.45, 2.75) is 33.4 Å². The second kappa shape index (κ2) is 5.23. The minimum Gasteiger partial charge on any atom is -0.349 e. The number of carbonyl (C=O) groups is 1. The number of nitrogens with two attached hydrogens (primary N) is 1. The molecule has 1 rings (SSSR count). The lowest BCUT2D eigenvalue weighted by Crippen LogP contribution is -2.38. The van der Waals surface area contributed by atoms with Gasteiger partial charge in [0.15, 0.2) is 0 Å². The second-order valence-corrected chi connectivity index (χ2v) is 4.69. The highest BCUT2D eigenvalue weighted by Crippen LogP contribution is 2.08. The van der Waals surface area contributed by atoms with Crippen LogP contribution in [0.2, 0.25) is 0 Å². The molecule has 0 bridgehead atoms. The molecule has 0 saturated heterocycles. The number of hydrogen-bond donors (Lipinski definition) is 2. The lowest BCUT2D eigenvalue weighted by Gasteiger charge is -2.14. The number of nitrogens with zero attached hydrogens (tertiary/aromatic N) is 1. The number of nitrogens with one attached hydrogen (secondary N) is 1. The molecule has 1 heterocycles. The molecule has 0 fully saturated rings. The van der Waals surface area contributed by atoms with Crippen molar-refractivity contribution in [3.05, 3.63) is 16.1 Å². The van der Waals surface area contributed by atoms with Crippen molar-refractivity contribution >= 4 is 17.2 Å². The van der Waals surface area contributed by atoms with E-state index >= 15 is 0 Å². The second-order valence-electron chi connectivity index (χ2n) is 3.75. The van der Waals surface area contributed by atoms with Gasteiger partial charge in [0.25, 0.3) is 0 Å². The van der Waals surface area contributed by atoms with Crippen molar-refractivity contribution < 1.29 is 4.79 Å². The standard InChI is InChI=1S/C10H17N3OS/c1-6-5-15-9(13-6)4-12-10(14)7(2)8(3)11/h5,7-8H,4,11H2,1-3H3,(H,12,14). The molecule has 84 valence electrons. The van der Waals surface area contributed by atoms with Gasteiger partial charge in [-0.25, -0.2) is 4.98 Å². The third kappa shape index (κ3) is 3.60. The average molecular weight is 227 g/mol. The van der Waals surface area contributed by atoms with Crippen molar-refractivity contribution in [3.63, 3.8) is 0 Å². The molecule has 0 radical (unpaired) electrons. The maximum absolute atomic E-state index is 11.6. The van der Waals surface area contributed by atoms with Gasteiger partial charge in [0.2, 0.25) is 5.91 Å². The Morgan fingerprint density at radius 1 is 1.67 bits per heavy atom. The van der Waals surface area contributed by atoms with Gasteiger partial charge in [0.1, 0.15) is 5.01 Å². The summed E-state index contributed by atoms with van der Waals surface area (Å²) in [4.78, 5) is 15.8. The van der Waals surface area contributed by atoms with Crippen LogP contribution in [0.1, 0.15) is 24.5 Å². The van der Waals surface area contributed by atoms with E-state index in [-0.39, 0.29) is 17.9 Å². The molecule has 0 aromatic carbocycles. The number of thiazole rings is 1. The van der Waals surface area contributed by atoms with E-state index in [0.29, 0.717) is 6.54 Å². The first-order valence-corrected chi connectivity index (χ1v) is 5.83. The van der Waals surface area contributed by atoms with Crippen LogP contribution >= 0.6 is 11.3 Å². The zero-order chi connectivity index (χ0) is 11.4. The maximum Gasteiger partial charge on any atom is 0.224 e. The van der Waals surface area contributed by atoms with Crippen molar-refractivity contribution in [1.29, 1.82) is 0 Å². The largest absolute Gasteiger partial charge is 0.349 e. The molecule has 1 amide bonds. The van der Waals surface area contributed by atoms with Gasteiger partial charge in [-0.05, 0) is 13.8 Å². The summed E-state index contributed by atoms with van der Waals surface area (Å²) >= 11 is 1.55. The number of carbonyl (C=O) groups excluding carboxylic acids is 1. The zero-order valence-electron chi connectivity index (χ0n) is 9.28. The van der Waals surface area contributed by atoms with Gasteiger partial charge >= 0.3 is 0 Å². The molecule has 1 aromatic rings. The number of rotatable bonds is 4. The Morgan fingerprint density at radius 3 is 2.80 bits per heavy atom. The van der Waals surface area contributed by atoms with Gasteiger partial charge in [-0.1, -0.05) is 6.92 Å². The number of aromatic nitrogens is 1. The van der Waals surface area contributed by atoms with E-state index in [1.54, 1.807) is 11.3 Å². The molecule has 0 saturated carbocycles. The highest BCUT2D eigenvalue weighted by Gasteiger charge is 2.16. The molecule has 0 aliphatic rings. The van der Waals surface area contributed by atoms with Gasteiger partial charge in [-0.3, -0.25) is 4.79 Å². The van der Waals surface area contributed by atoms with E-state index in [9.17, 15) is 4.79 Å². The highest BCUT2D eigenvalue weighted by atomic mass is 32.1. The predicted molar refractivity (Wildman–Crippen MR) is 61.5 cm³/mol. The SMILES string of the molecule is Cc1csc(CNC(=O)C(C)C(C)N)n1. The fourth-order valence-electron chi connectivity index (χ4n) is 1.05. The molecule has 0 aliphatic carbocycles. The van der Waals surface area contributed by atoms with Crippen LogP contribution in [0.4, 0.5) is 0 Å². The number of amides is 1. The van der Waals surface area contributed by atoms with Crippen LogP contribution in [0.15, 0.2) is 5.38 Å². The minimum atomic E-state index is -0.161. The molecule has 4 nitrogen and oxygen atoms in total. The molecular formula is C10H17N3OS. The topological polar surface area (TPSA) is 68.0 Å². The molecule has 0 spiro atoms. The van der Waals surface area contributed by atoms with Crippen molar-refractivity contribution in [1.82, 2.24) is 10.3 Å². The fraction of sp³-hybridized carbons (Fsp3) is 0.600. The van der Waals surface area contributed by atoms with Crippen molar-refractivity contribution in [3.8, 4) is 0 Å². The molecule has 2 atom stereocenters. The number of aryl methyl sites for hydroxylation is 1. The van der Waals surface area contributed by atoms with Gasteiger partial charge in [-0.15, -0.1) is 11.3 Å². The normalized spacial score (nSPS) is 14.7. The summed E-state index contributed by atoms with van der Waals surface area (Å²) in [7, 11) is 0. The Kier molecular flexibility index (Phi) is 4.23. The summed E-state index contributed by atoms with van der Waals surface area (Å²) < 4.78 is 0. The van der Waals surface area contributed by atoms with E-state index in [2.05, 4.69) is 10.3 Å². The Labute approximate surface area is 93.9 Å². The molecule has 5 heteroatoms. The first kappa shape index (κ1) is 12.1. The van der Waals surface area contributed by atoms with Crippen LogP contribution in [-0.2, 0) is 11.3 Å². The van der Waals surface area contributed by atoms with Crippen LogP contribution in [0.5, 0.6) is 0 Å². The third-order valence-corrected chi connectivity index (χ3v) is 3.25. The van der Waals surface area contributed by atoms with E-state index in [1.165, 1.54) is 0 Å². The van der Waals surface area contributed by atoms with Crippen LogP contribution in [0.25, 0.3) is 0 Å². The predicted octanol–water partition coefficient (Wildman–Crippen LogP) is 1.05. The smallest absolute Gasteiger partial charge is 0.224 e. The summed E-state index contributed by atoms with van der Waals surface area (Å²) in [5.41, 5.74) is 6.63. The summed E-state index contributed by atoms with van der Waals surface area (Å²) in [6, 6.07) is -0.122. The minimum absolute atomic E-state index is 0.0159. The Hall–Kier alpha value is -0.940. The van der Waals surface area contributed by atoms with E-state index < -0.39 is 0 Å². The monoisotopic (exact) mass is 227 g/mol. The van der Waals surface area contributed by atoms with Crippen molar-refractivity contribution in [2.75, 3.05) is 0 Å². The van der Waals surface area contributed by atoms with E-state index in [0.717, 1.165) is 10.7 Å². The molecule has 2 unspecified atom stereocenters. The van der Waals surface area contributed by atoms with Gasteiger partial charge in [0.05, 0.1) is 6.54 Å². The fourth-order valence-corrected chi connectivity index (χ4v) is 1.76. The maximum atomic E-state index is 11.6. The quantitative estimate of drug-likeness (QED) is 0.808. The lowest BCUT2D eigenvalue weighted by atomic mass is 10.0.